The Labute approximate surface area is 119 Å². The molecule has 18 heavy (non-hydrogen) atoms. The lowest BCUT2D eigenvalue weighted by atomic mass is 10.2. The van der Waals surface area contributed by atoms with Gasteiger partial charge >= 0.3 is 0 Å². The normalized spacial score (nSPS) is 10.7. The fourth-order valence-corrected chi connectivity index (χ4v) is 2.67. The van der Waals surface area contributed by atoms with Gasteiger partial charge in [-0.25, -0.2) is 0 Å². The molecular weight excluding hydrogens is 293 g/mol. The van der Waals surface area contributed by atoms with Crippen LogP contribution >= 0.6 is 34.5 Å². The Morgan fingerprint density at radius 1 is 1.39 bits per heavy atom. The summed E-state index contributed by atoms with van der Waals surface area (Å²) >= 11 is 13.1. The van der Waals surface area contributed by atoms with Crippen LogP contribution in [0.1, 0.15) is 17.4 Å². The van der Waals surface area contributed by atoms with E-state index < -0.39 is 0 Å². The average Bonchev–Trinajstić information content (AvgIpc) is 2.72. The van der Waals surface area contributed by atoms with Gasteiger partial charge < -0.3 is 9.84 Å². The fourth-order valence-electron chi connectivity index (χ4n) is 1.44. The van der Waals surface area contributed by atoms with Gasteiger partial charge in [-0.05, 0) is 30.2 Å². The van der Waals surface area contributed by atoms with Crippen LogP contribution in [-0.4, -0.2) is 10.1 Å². The van der Waals surface area contributed by atoms with Gasteiger partial charge in [0.2, 0.25) is 0 Å². The summed E-state index contributed by atoms with van der Waals surface area (Å²) in [5.74, 6) is 0.658. The van der Waals surface area contributed by atoms with Crippen molar-refractivity contribution >= 4 is 34.5 Å². The summed E-state index contributed by atoms with van der Waals surface area (Å²) in [5.41, 5.74) is 1.01. The van der Waals surface area contributed by atoms with Crippen LogP contribution in [0.2, 0.25) is 10.2 Å². The minimum Gasteiger partial charge on any atom is -0.431 e. The van der Waals surface area contributed by atoms with Gasteiger partial charge in [0.05, 0.1) is 11.5 Å². The van der Waals surface area contributed by atoms with Crippen LogP contribution in [0.25, 0.3) is 0 Å². The topological polar surface area (TPSA) is 42.4 Å². The van der Waals surface area contributed by atoms with Gasteiger partial charge in [0.15, 0.2) is 0 Å². The molecule has 0 amide bonds. The van der Waals surface area contributed by atoms with Gasteiger partial charge in [-0.3, -0.25) is 0 Å². The molecule has 2 aromatic rings. The van der Waals surface area contributed by atoms with Gasteiger partial charge in [-0.15, -0.1) is 0 Å². The maximum atomic E-state index is 9.03. The number of hydrogen-bond acceptors (Lipinski definition) is 4. The number of rotatable bonds is 4. The number of aliphatic hydroxyl groups excluding tert-OH is 1. The van der Waals surface area contributed by atoms with Crippen LogP contribution in [0, 0.1) is 0 Å². The predicted octanol–water partition coefficient (Wildman–Crippen LogP) is 4.30. The van der Waals surface area contributed by atoms with Crippen LogP contribution < -0.4 is 4.74 Å². The molecule has 6 heteroatoms. The van der Waals surface area contributed by atoms with E-state index in [0.717, 1.165) is 17.0 Å². The highest BCUT2D eigenvalue weighted by molar-refractivity contribution is 7.13. The first-order chi connectivity index (χ1) is 8.63. The van der Waals surface area contributed by atoms with Gasteiger partial charge in [-0.2, -0.15) is 4.98 Å². The molecule has 0 aliphatic rings. The van der Waals surface area contributed by atoms with E-state index in [1.807, 2.05) is 13.0 Å². The molecule has 0 saturated carbocycles. The summed E-state index contributed by atoms with van der Waals surface area (Å²) in [4.78, 5) is 4.62. The maximum Gasteiger partial charge on any atom is 0.280 e. The maximum absolute atomic E-state index is 9.03. The third-order valence-electron chi connectivity index (χ3n) is 2.38. The number of halogens is 2. The molecule has 3 nitrogen and oxygen atoms in total. The number of aliphatic hydroxyl groups is 1. The Kier molecular flexibility index (Phi) is 4.45. The Morgan fingerprint density at radius 2 is 2.17 bits per heavy atom. The number of nitrogens with zero attached hydrogens (tertiary/aromatic N) is 1. The molecule has 0 unspecified atom stereocenters. The standard InChI is InChI=1S/C12H11Cl2NO2S/c1-2-7-5-8(3-4-9(7)13)17-12-15-11(14)10(6-16)18-12/h3-5,16H,2,6H2,1H3. The smallest absolute Gasteiger partial charge is 0.280 e. The summed E-state index contributed by atoms with van der Waals surface area (Å²) in [5, 5.41) is 10.4. The van der Waals surface area contributed by atoms with Crippen molar-refractivity contribution in [1.82, 2.24) is 4.98 Å². The third-order valence-corrected chi connectivity index (χ3v) is 4.09. The Bertz CT molecular complexity index is 557. The SMILES string of the molecule is CCc1cc(Oc2nc(Cl)c(CO)s2)ccc1Cl. The summed E-state index contributed by atoms with van der Waals surface area (Å²) in [6, 6.07) is 5.43. The molecule has 2 rings (SSSR count). The van der Waals surface area contributed by atoms with Gasteiger partial charge in [0.1, 0.15) is 10.9 Å². The van der Waals surface area contributed by atoms with Gasteiger partial charge in [-0.1, -0.05) is 41.5 Å². The Morgan fingerprint density at radius 3 is 2.78 bits per heavy atom. The largest absolute Gasteiger partial charge is 0.431 e. The summed E-state index contributed by atoms with van der Waals surface area (Å²) in [6.07, 6.45) is 0.830. The first-order valence-electron chi connectivity index (χ1n) is 5.36. The molecule has 96 valence electrons. The van der Waals surface area contributed by atoms with E-state index in [-0.39, 0.29) is 11.8 Å². The molecule has 0 radical (unpaired) electrons. The second-order valence-electron chi connectivity index (χ2n) is 3.56. The first-order valence-corrected chi connectivity index (χ1v) is 6.93. The van der Waals surface area contributed by atoms with Crippen molar-refractivity contribution in [1.29, 1.82) is 0 Å². The van der Waals surface area contributed by atoms with E-state index in [1.54, 1.807) is 12.1 Å². The van der Waals surface area contributed by atoms with E-state index in [9.17, 15) is 0 Å². The molecular formula is C12H11Cl2NO2S. The second-order valence-corrected chi connectivity index (χ2v) is 5.37. The van der Waals surface area contributed by atoms with Crippen molar-refractivity contribution in [3.8, 4) is 10.9 Å². The number of aryl methyl sites for hydroxylation is 1. The third kappa shape index (κ3) is 2.95. The van der Waals surface area contributed by atoms with E-state index in [1.165, 1.54) is 11.3 Å². The molecule has 0 aliphatic heterocycles. The molecule has 1 heterocycles. The van der Waals surface area contributed by atoms with E-state index in [2.05, 4.69) is 4.98 Å². The molecule has 0 aliphatic carbocycles. The van der Waals surface area contributed by atoms with Crippen molar-refractivity contribution in [2.75, 3.05) is 0 Å². The van der Waals surface area contributed by atoms with Gasteiger partial charge in [0.25, 0.3) is 5.19 Å². The molecule has 0 spiro atoms. The Balaban J connectivity index is 2.22. The van der Waals surface area contributed by atoms with Gasteiger partial charge in [0, 0.05) is 5.02 Å². The first kappa shape index (κ1) is 13.6. The van der Waals surface area contributed by atoms with Crippen molar-refractivity contribution in [2.45, 2.75) is 20.0 Å². The lowest BCUT2D eigenvalue weighted by molar-refractivity contribution is 0.285. The average molecular weight is 304 g/mol. The lowest BCUT2D eigenvalue weighted by Crippen LogP contribution is -1.87. The molecule has 1 aromatic heterocycles. The Hall–Kier alpha value is -0.810. The zero-order chi connectivity index (χ0) is 13.1. The predicted molar refractivity (Wildman–Crippen MR) is 74.0 cm³/mol. The lowest BCUT2D eigenvalue weighted by Gasteiger charge is -2.05. The van der Waals surface area contributed by atoms with Crippen LogP contribution in [0.5, 0.6) is 10.9 Å². The van der Waals surface area contributed by atoms with Crippen LogP contribution in [0.4, 0.5) is 0 Å². The zero-order valence-corrected chi connectivity index (χ0v) is 11.9. The van der Waals surface area contributed by atoms with E-state index in [4.69, 9.17) is 33.0 Å². The fraction of sp³-hybridized carbons (Fsp3) is 0.250. The monoisotopic (exact) mass is 303 g/mol. The summed E-state index contributed by atoms with van der Waals surface area (Å²) in [6.45, 7) is 1.88. The molecule has 0 fully saturated rings. The van der Waals surface area contributed by atoms with E-state index in [0.29, 0.717) is 15.8 Å². The number of hydrogen-bond donors (Lipinski definition) is 1. The van der Waals surface area contributed by atoms with Crippen molar-refractivity contribution < 1.29 is 9.84 Å². The summed E-state index contributed by atoms with van der Waals surface area (Å²) in [7, 11) is 0. The number of ether oxygens (including phenoxy) is 1. The highest BCUT2D eigenvalue weighted by Gasteiger charge is 2.10. The number of thiazole rings is 1. The minimum absolute atomic E-state index is 0.138. The van der Waals surface area contributed by atoms with Crippen molar-refractivity contribution in [3.05, 3.63) is 38.8 Å². The van der Waals surface area contributed by atoms with Crippen molar-refractivity contribution in [3.63, 3.8) is 0 Å². The molecule has 0 bridgehead atoms. The molecule has 0 atom stereocenters. The number of aromatic nitrogens is 1. The van der Waals surface area contributed by atoms with Crippen molar-refractivity contribution in [2.24, 2.45) is 0 Å². The quantitative estimate of drug-likeness (QED) is 0.916. The molecule has 1 N–H and O–H groups in total. The highest BCUT2D eigenvalue weighted by atomic mass is 35.5. The zero-order valence-electron chi connectivity index (χ0n) is 9.61. The highest BCUT2D eigenvalue weighted by Crippen LogP contribution is 2.33. The van der Waals surface area contributed by atoms with Crippen LogP contribution in [-0.2, 0) is 13.0 Å². The second kappa shape index (κ2) is 5.89. The van der Waals surface area contributed by atoms with Crippen LogP contribution in [0.3, 0.4) is 0 Å². The van der Waals surface area contributed by atoms with E-state index >= 15 is 0 Å². The van der Waals surface area contributed by atoms with Crippen LogP contribution in [0.15, 0.2) is 18.2 Å². The molecule has 0 saturated heterocycles. The summed E-state index contributed by atoms with van der Waals surface area (Å²) < 4.78 is 5.59. The number of benzene rings is 1. The minimum atomic E-state index is -0.138. The molecule has 1 aromatic carbocycles.